The number of aryl methyl sites for hydroxylation is 3. The number of carbonyl (C=O) groups is 1. The molecule has 1 aromatic carbocycles. The van der Waals surface area contributed by atoms with Crippen molar-refractivity contribution in [3.8, 4) is 0 Å². The van der Waals surface area contributed by atoms with Crippen LogP contribution in [0.25, 0.3) is 0 Å². The van der Waals surface area contributed by atoms with Crippen molar-refractivity contribution in [2.24, 2.45) is 5.92 Å². The largest absolute Gasteiger partial charge is 0.488 e. The molecule has 1 aliphatic heterocycles. The quantitative estimate of drug-likeness (QED) is 0.382. The molecule has 0 fully saturated rings. The van der Waals surface area contributed by atoms with Gasteiger partial charge < -0.3 is 9.84 Å². The van der Waals surface area contributed by atoms with Gasteiger partial charge in [-0.15, -0.1) is 5.10 Å². The summed E-state index contributed by atoms with van der Waals surface area (Å²) >= 11 is 1.74. The first-order chi connectivity index (χ1) is 17.8. The molecule has 0 amide bonds. The molecule has 0 radical (unpaired) electrons. The zero-order chi connectivity index (χ0) is 26.4. The molecule has 1 aromatic heterocycles. The summed E-state index contributed by atoms with van der Waals surface area (Å²) in [6, 6.07) is 6.41. The van der Waals surface area contributed by atoms with Gasteiger partial charge in [0.15, 0.2) is 0 Å². The Balaban J connectivity index is 1.52. The van der Waals surface area contributed by atoms with Crippen LogP contribution < -0.4 is 0 Å². The first kappa shape index (κ1) is 27.2. The molecule has 0 spiro atoms. The van der Waals surface area contributed by atoms with Gasteiger partial charge in [-0.1, -0.05) is 42.5 Å². The van der Waals surface area contributed by atoms with Crippen molar-refractivity contribution in [2.45, 2.75) is 78.5 Å². The number of hydrogen-bond acceptors (Lipinski definition) is 6. The van der Waals surface area contributed by atoms with E-state index in [9.17, 15) is 9.90 Å². The van der Waals surface area contributed by atoms with Gasteiger partial charge in [-0.2, -0.15) is 0 Å². The molecule has 2 aromatic rings. The van der Waals surface area contributed by atoms with Gasteiger partial charge in [0.1, 0.15) is 11.9 Å². The van der Waals surface area contributed by atoms with Crippen LogP contribution in [0.1, 0.15) is 68.3 Å². The number of nitrogens with zero attached hydrogens (tertiary/aromatic N) is 4. The van der Waals surface area contributed by atoms with E-state index in [-0.39, 0.29) is 18.4 Å². The van der Waals surface area contributed by atoms with Gasteiger partial charge in [0.05, 0.1) is 17.0 Å². The maximum atomic E-state index is 11.7. The van der Waals surface area contributed by atoms with E-state index in [4.69, 9.17) is 4.74 Å². The van der Waals surface area contributed by atoms with Gasteiger partial charge in [0.2, 0.25) is 0 Å². The third kappa shape index (κ3) is 7.36. The number of ether oxygens (including phenoxy) is 1. The standard InChI is InChI=1S/C29H38N4O3S/c1-5-22-8-13-27-28(14-9-22)37-33(17-21(4)36-27)18-25-15-23(10-7-20(25)3)24(16-29(34)35)11-12-26-19-32(6-2)31-30-26/h7-10,13-15,19,21-22,24H,5-6,11-12,16-18H2,1-4H3,(H,34,35). The molecule has 198 valence electrons. The number of benzene rings is 1. The second-order valence-electron chi connectivity index (χ2n) is 9.95. The van der Waals surface area contributed by atoms with Crippen LogP contribution in [0.15, 0.2) is 59.4 Å². The Morgan fingerprint density at radius 1 is 1.27 bits per heavy atom. The normalized spacial score (nSPS) is 20.8. The highest BCUT2D eigenvalue weighted by Gasteiger charge is 2.24. The van der Waals surface area contributed by atoms with E-state index in [2.05, 4.69) is 77.9 Å². The number of carboxylic acids is 1. The van der Waals surface area contributed by atoms with Gasteiger partial charge >= 0.3 is 5.97 Å². The summed E-state index contributed by atoms with van der Waals surface area (Å²) in [5, 5.41) is 18.0. The lowest BCUT2D eigenvalue weighted by molar-refractivity contribution is -0.137. The minimum Gasteiger partial charge on any atom is -0.488 e. The van der Waals surface area contributed by atoms with Gasteiger partial charge in [-0.25, -0.2) is 4.31 Å². The van der Waals surface area contributed by atoms with E-state index in [0.717, 1.165) is 48.0 Å². The van der Waals surface area contributed by atoms with Crippen molar-refractivity contribution in [3.05, 3.63) is 81.7 Å². The average Bonchev–Trinajstić information content (AvgIpc) is 3.18. The molecule has 1 aliphatic carbocycles. The molecular weight excluding hydrogens is 484 g/mol. The highest BCUT2D eigenvalue weighted by atomic mass is 32.2. The van der Waals surface area contributed by atoms with Gasteiger partial charge in [-0.3, -0.25) is 9.48 Å². The minimum atomic E-state index is -0.781. The Morgan fingerprint density at radius 3 is 2.81 bits per heavy atom. The van der Waals surface area contributed by atoms with Crippen molar-refractivity contribution < 1.29 is 14.6 Å². The number of allylic oxidation sites excluding steroid dienone is 4. The van der Waals surface area contributed by atoms with Crippen LogP contribution >= 0.6 is 11.9 Å². The predicted molar refractivity (Wildman–Crippen MR) is 148 cm³/mol. The molecule has 7 nitrogen and oxygen atoms in total. The highest BCUT2D eigenvalue weighted by Crippen LogP contribution is 2.36. The van der Waals surface area contributed by atoms with Gasteiger partial charge in [-0.05, 0) is 92.7 Å². The van der Waals surface area contributed by atoms with E-state index >= 15 is 0 Å². The number of aromatic nitrogens is 3. The summed E-state index contributed by atoms with van der Waals surface area (Å²) in [6.07, 6.45) is 13.4. The summed E-state index contributed by atoms with van der Waals surface area (Å²) in [5.74, 6) is 0.505. The smallest absolute Gasteiger partial charge is 0.303 e. The first-order valence-electron chi connectivity index (χ1n) is 13.2. The fourth-order valence-electron chi connectivity index (χ4n) is 4.74. The Hall–Kier alpha value is -2.84. The van der Waals surface area contributed by atoms with Gasteiger partial charge in [0, 0.05) is 25.8 Å². The molecule has 3 atom stereocenters. The number of aliphatic carboxylic acids is 1. The summed E-state index contributed by atoms with van der Waals surface area (Å²) in [6.45, 7) is 10.8. The molecule has 3 unspecified atom stereocenters. The van der Waals surface area contributed by atoms with Crippen molar-refractivity contribution in [1.29, 1.82) is 0 Å². The fraction of sp³-hybridized carbons (Fsp3) is 0.483. The van der Waals surface area contributed by atoms with Crippen molar-refractivity contribution in [3.63, 3.8) is 0 Å². The zero-order valence-corrected chi connectivity index (χ0v) is 23.1. The van der Waals surface area contributed by atoms with E-state index in [1.165, 1.54) is 11.1 Å². The maximum absolute atomic E-state index is 11.7. The Kier molecular flexibility index (Phi) is 9.27. The molecule has 0 bridgehead atoms. The van der Waals surface area contributed by atoms with Crippen molar-refractivity contribution >= 4 is 17.9 Å². The maximum Gasteiger partial charge on any atom is 0.303 e. The highest BCUT2D eigenvalue weighted by molar-refractivity contribution is 8.01. The predicted octanol–water partition coefficient (Wildman–Crippen LogP) is 6.03. The summed E-state index contributed by atoms with van der Waals surface area (Å²) in [5.41, 5.74) is 4.39. The SMILES string of the molecule is CCC1C=CC2=C(C=C1)SN(Cc1cc(C(CCc3cn(CC)nn3)CC(=O)O)ccc1C)CC(C)O2. The van der Waals surface area contributed by atoms with Crippen molar-refractivity contribution in [1.82, 2.24) is 19.3 Å². The molecule has 2 aliphatic rings. The van der Waals surface area contributed by atoms with Crippen LogP contribution in [0.3, 0.4) is 0 Å². The molecule has 8 heteroatoms. The Labute approximate surface area is 224 Å². The van der Waals surface area contributed by atoms with E-state index in [1.807, 2.05) is 13.1 Å². The second kappa shape index (κ2) is 12.6. The number of rotatable bonds is 10. The van der Waals surface area contributed by atoms with Crippen LogP contribution in [-0.2, 0) is 29.0 Å². The lowest BCUT2D eigenvalue weighted by atomic mass is 9.88. The number of carboxylic acid groups (broad SMARTS) is 1. The van der Waals surface area contributed by atoms with Crippen LogP contribution in [0, 0.1) is 12.8 Å². The average molecular weight is 523 g/mol. The lowest BCUT2D eigenvalue weighted by Crippen LogP contribution is -2.25. The summed E-state index contributed by atoms with van der Waals surface area (Å²) in [4.78, 5) is 12.9. The molecule has 4 rings (SSSR count). The molecular formula is C29H38N4O3S. The van der Waals surface area contributed by atoms with E-state index < -0.39 is 5.97 Å². The molecule has 0 saturated carbocycles. The number of hydrogen-bond donors (Lipinski definition) is 1. The third-order valence-electron chi connectivity index (χ3n) is 6.99. The first-order valence-corrected chi connectivity index (χ1v) is 14.0. The Morgan fingerprint density at radius 2 is 2.08 bits per heavy atom. The monoisotopic (exact) mass is 522 g/mol. The topological polar surface area (TPSA) is 80.5 Å². The lowest BCUT2D eigenvalue weighted by Gasteiger charge is -2.23. The summed E-state index contributed by atoms with van der Waals surface area (Å²) in [7, 11) is 0. The van der Waals surface area contributed by atoms with Crippen LogP contribution in [-0.4, -0.2) is 43.0 Å². The van der Waals surface area contributed by atoms with Gasteiger partial charge in [0.25, 0.3) is 0 Å². The third-order valence-corrected chi connectivity index (χ3v) is 8.06. The minimum absolute atomic E-state index is 0.0658. The molecule has 37 heavy (non-hydrogen) atoms. The second-order valence-corrected chi connectivity index (χ2v) is 11.1. The zero-order valence-electron chi connectivity index (χ0n) is 22.3. The van der Waals surface area contributed by atoms with Crippen LogP contribution in [0.5, 0.6) is 0 Å². The molecule has 0 saturated heterocycles. The van der Waals surface area contributed by atoms with Crippen molar-refractivity contribution in [2.75, 3.05) is 6.54 Å². The van der Waals surface area contributed by atoms with Crippen LogP contribution in [0.4, 0.5) is 0 Å². The van der Waals surface area contributed by atoms with Crippen LogP contribution in [0.2, 0.25) is 0 Å². The Bertz CT molecular complexity index is 1190. The fourth-order valence-corrected chi connectivity index (χ4v) is 5.85. The van der Waals surface area contributed by atoms with E-state index in [0.29, 0.717) is 18.8 Å². The summed E-state index contributed by atoms with van der Waals surface area (Å²) < 4.78 is 10.4. The molecule has 2 heterocycles. The molecule has 1 N–H and O–H groups in total. The van der Waals surface area contributed by atoms with E-state index in [1.54, 1.807) is 16.6 Å².